The zero-order chi connectivity index (χ0) is 12.7. The molecule has 0 saturated carbocycles. The van der Waals surface area contributed by atoms with E-state index >= 15 is 0 Å². The lowest BCUT2D eigenvalue weighted by atomic mass is 9.94. The van der Waals surface area contributed by atoms with E-state index < -0.39 is 5.79 Å². The first-order valence-corrected chi connectivity index (χ1v) is 6.84. The van der Waals surface area contributed by atoms with Crippen LogP contribution in [0, 0.1) is 5.92 Å². The van der Waals surface area contributed by atoms with Crippen molar-refractivity contribution in [2.24, 2.45) is 5.92 Å². The van der Waals surface area contributed by atoms with E-state index in [-0.39, 0.29) is 30.8 Å². The van der Waals surface area contributed by atoms with Crippen molar-refractivity contribution in [3.63, 3.8) is 0 Å². The van der Waals surface area contributed by atoms with Crippen LogP contribution in [0.1, 0.15) is 20.8 Å². The molecule has 0 aromatic carbocycles. The molecule has 4 heterocycles. The summed E-state index contributed by atoms with van der Waals surface area (Å²) in [4.78, 5) is 3.08. The minimum absolute atomic E-state index is 0.00204. The summed E-state index contributed by atoms with van der Waals surface area (Å²) in [5.74, 6) is -0.267. The van der Waals surface area contributed by atoms with Gasteiger partial charge in [0.2, 0.25) is 0 Å². The van der Waals surface area contributed by atoms with Gasteiger partial charge >= 0.3 is 0 Å². The molecule has 100 valence electrons. The maximum Gasteiger partial charge on any atom is 0.190 e. The normalized spacial score (nSPS) is 52.6. The highest BCUT2D eigenvalue weighted by Gasteiger charge is 2.61. The molecule has 4 aliphatic heterocycles. The van der Waals surface area contributed by atoms with Crippen LogP contribution in [0.5, 0.6) is 0 Å². The van der Waals surface area contributed by atoms with Gasteiger partial charge in [-0.15, -0.1) is 0 Å². The lowest BCUT2D eigenvalue weighted by Gasteiger charge is -2.53. The predicted octanol–water partition coefficient (Wildman–Crippen LogP) is 0.867. The van der Waals surface area contributed by atoms with E-state index in [0.29, 0.717) is 5.92 Å². The molecule has 4 saturated heterocycles. The lowest BCUT2D eigenvalue weighted by molar-refractivity contribution is -0.253. The predicted molar refractivity (Wildman–Crippen MR) is 65.8 cm³/mol. The molecule has 0 amide bonds. The fourth-order valence-electron chi connectivity index (χ4n) is 3.30. The van der Waals surface area contributed by atoms with Crippen molar-refractivity contribution in [1.82, 2.24) is 4.90 Å². The Labute approximate surface area is 111 Å². The van der Waals surface area contributed by atoms with Crippen molar-refractivity contribution in [2.75, 3.05) is 6.54 Å². The monoisotopic (exact) mass is 271 g/mol. The minimum atomic E-state index is -0.582. The molecular formula is C12H17NO4S. The summed E-state index contributed by atoms with van der Waals surface area (Å²) in [5.41, 5.74) is 0. The van der Waals surface area contributed by atoms with Gasteiger partial charge in [-0.25, -0.2) is 0 Å². The van der Waals surface area contributed by atoms with E-state index in [1.165, 1.54) is 0 Å². The number of nitrogens with zero attached hydrogens (tertiary/aromatic N) is 1. The number of rotatable bonds is 0. The van der Waals surface area contributed by atoms with E-state index in [2.05, 4.69) is 11.8 Å². The summed E-state index contributed by atoms with van der Waals surface area (Å²) in [6, 6.07) is 0. The first kappa shape index (κ1) is 11.5. The fraction of sp³-hybridized carbons (Fsp3) is 0.917. The Kier molecular flexibility index (Phi) is 2.20. The van der Waals surface area contributed by atoms with Gasteiger partial charge in [0, 0.05) is 6.54 Å². The maximum absolute atomic E-state index is 6.11. The molecule has 0 spiro atoms. The van der Waals surface area contributed by atoms with Crippen molar-refractivity contribution in [3.8, 4) is 0 Å². The third kappa shape index (κ3) is 1.38. The first-order chi connectivity index (χ1) is 8.46. The first-order valence-electron chi connectivity index (χ1n) is 6.43. The second kappa shape index (κ2) is 3.43. The average molecular weight is 271 g/mol. The van der Waals surface area contributed by atoms with Gasteiger partial charge in [0.05, 0.1) is 10.9 Å². The third-order valence-corrected chi connectivity index (χ3v) is 4.77. The molecule has 4 aliphatic rings. The zero-order valence-electron chi connectivity index (χ0n) is 10.7. The second-order valence-corrected chi connectivity index (χ2v) is 6.33. The molecule has 4 rings (SSSR count). The molecule has 0 aromatic rings. The Balaban J connectivity index is 1.55. The average Bonchev–Trinajstić information content (AvgIpc) is 2.78. The minimum Gasteiger partial charge on any atom is -0.349 e. The second-order valence-electron chi connectivity index (χ2n) is 5.91. The summed E-state index contributed by atoms with van der Waals surface area (Å²) in [7, 11) is 0. The van der Waals surface area contributed by atoms with Gasteiger partial charge < -0.3 is 23.8 Å². The third-order valence-electron chi connectivity index (χ3n) is 4.17. The standard InChI is InChI=1S/C12H17NO4S/c1-5-9-13(10(5)18)4-6-7(15-9)8-11(14-6)17-12(2,3)16-8/h5-9,11H,4H2,1-3H3/t5-,6-,7+,8-,9+,11-/m1/s1. The van der Waals surface area contributed by atoms with E-state index in [0.717, 1.165) is 11.5 Å². The molecule has 0 radical (unpaired) electrons. The number of fused-ring (bicyclic) bond motifs is 4. The SMILES string of the molecule is C[C@H]1C(=S)N2C[C@H]3O[C@@H]4OC(C)(C)O[C@@H]4[C@H]3O[C@@H]12. The Morgan fingerprint density at radius 1 is 1.22 bits per heavy atom. The van der Waals surface area contributed by atoms with Gasteiger partial charge in [0.15, 0.2) is 12.1 Å². The fourth-order valence-corrected chi connectivity index (χ4v) is 3.59. The van der Waals surface area contributed by atoms with Gasteiger partial charge in [-0.05, 0) is 13.8 Å². The summed E-state index contributed by atoms with van der Waals surface area (Å²) in [6.07, 6.45) is -0.374. The van der Waals surface area contributed by atoms with Gasteiger partial charge in [0.25, 0.3) is 0 Å². The van der Waals surface area contributed by atoms with Crippen LogP contribution >= 0.6 is 12.2 Å². The molecule has 0 aromatic heterocycles. The molecule has 4 fully saturated rings. The van der Waals surface area contributed by atoms with Crippen LogP contribution in [0.4, 0.5) is 0 Å². The Morgan fingerprint density at radius 2 is 2.00 bits per heavy atom. The molecule has 0 unspecified atom stereocenters. The van der Waals surface area contributed by atoms with E-state index in [1.807, 2.05) is 13.8 Å². The van der Waals surface area contributed by atoms with Crippen LogP contribution in [0.25, 0.3) is 0 Å². The molecular weight excluding hydrogens is 254 g/mol. The van der Waals surface area contributed by atoms with E-state index in [4.69, 9.17) is 31.2 Å². The summed E-state index contributed by atoms with van der Waals surface area (Å²) in [5, 5.41) is 0. The summed E-state index contributed by atoms with van der Waals surface area (Å²) >= 11 is 5.33. The van der Waals surface area contributed by atoms with Crippen LogP contribution in [-0.2, 0) is 18.9 Å². The van der Waals surface area contributed by atoms with Crippen molar-refractivity contribution < 1.29 is 18.9 Å². The quantitative estimate of drug-likeness (QED) is 0.609. The van der Waals surface area contributed by atoms with Gasteiger partial charge in [-0.3, -0.25) is 0 Å². The number of hydrogen-bond donors (Lipinski definition) is 0. The van der Waals surface area contributed by atoms with Crippen LogP contribution in [-0.4, -0.2) is 53.1 Å². The topological polar surface area (TPSA) is 40.2 Å². The highest BCUT2D eigenvalue weighted by molar-refractivity contribution is 7.80. The Morgan fingerprint density at radius 3 is 2.78 bits per heavy atom. The summed E-state index contributed by atoms with van der Waals surface area (Å²) < 4.78 is 23.6. The number of hydrogen-bond acceptors (Lipinski definition) is 5. The van der Waals surface area contributed by atoms with Gasteiger partial charge in [-0.2, -0.15) is 0 Å². The van der Waals surface area contributed by atoms with Crippen molar-refractivity contribution in [2.45, 2.75) is 57.4 Å². The van der Waals surface area contributed by atoms with Crippen molar-refractivity contribution in [1.29, 1.82) is 0 Å². The number of thiocarbonyl (C=S) groups is 1. The highest BCUT2D eigenvalue weighted by Crippen LogP contribution is 2.44. The van der Waals surface area contributed by atoms with E-state index in [9.17, 15) is 0 Å². The number of ether oxygens (including phenoxy) is 4. The molecule has 0 N–H and O–H groups in total. The smallest absolute Gasteiger partial charge is 0.190 e. The van der Waals surface area contributed by atoms with Gasteiger partial charge in [0.1, 0.15) is 24.5 Å². The lowest BCUT2D eigenvalue weighted by Crippen LogP contribution is -2.68. The summed E-state index contributed by atoms with van der Waals surface area (Å²) in [6.45, 7) is 6.70. The highest BCUT2D eigenvalue weighted by atomic mass is 32.1. The largest absolute Gasteiger partial charge is 0.349 e. The molecule has 0 bridgehead atoms. The maximum atomic E-state index is 6.11. The van der Waals surface area contributed by atoms with Crippen molar-refractivity contribution in [3.05, 3.63) is 0 Å². The van der Waals surface area contributed by atoms with Crippen molar-refractivity contribution >= 4 is 17.2 Å². The van der Waals surface area contributed by atoms with Crippen LogP contribution in [0.15, 0.2) is 0 Å². The molecule has 6 heteroatoms. The molecule has 5 nitrogen and oxygen atoms in total. The Bertz CT molecular complexity index is 415. The molecule has 6 atom stereocenters. The molecule has 18 heavy (non-hydrogen) atoms. The van der Waals surface area contributed by atoms with Gasteiger partial charge in [-0.1, -0.05) is 19.1 Å². The van der Waals surface area contributed by atoms with Crippen LogP contribution in [0.2, 0.25) is 0 Å². The Hall–Kier alpha value is -0.270. The zero-order valence-corrected chi connectivity index (χ0v) is 11.5. The molecule has 0 aliphatic carbocycles. The van der Waals surface area contributed by atoms with E-state index in [1.54, 1.807) is 0 Å². The van der Waals surface area contributed by atoms with Crippen LogP contribution < -0.4 is 0 Å². The van der Waals surface area contributed by atoms with Crippen LogP contribution in [0.3, 0.4) is 0 Å².